The molecule has 0 heterocycles. The van der Waals surface area contributed by atoms with Crippen LogP contribution in [0.3, 0.4) is 0 Å². The van der Waals surface area contributed by atoms with Gasteiger partial charge in [0.1, 0.15) is 0 Å². The van der Waals surface area contributed by atoms with Crippen molar-refractivity contribution in [3.05, 3.63) is 0 Å². The van der Waals surface area contributed by atoms with E-state index in [1.807, 2.05) is 0 Å². The summed E-state index contributed by atoms with van der Waals surface area (Å²) < 4.78 is 132. The molecule has 0 aromatic heterocycles. The van der Waals surface area contributed by atoms with Gasteiger partial charge in [-0.1, -0.05) is 6.92 Å². The van der Waals surface area contributed by atoms with Gasteiger partial charge in [-0.05, 0) is 47.8 Å². The van der Waals surface area contributed by atoms with Gasteiger partial charge in [0.05, 0.1) is 0 Å². The van der Waals surface area contributed by atoms with Gasteiger partial charge in [0.25, 0.3) is 25.6 Å². The lowest BCUT2D eigenvalue weighted by Gasteiger charge is -2.45. The molecule has 0 amide bonds. The van der Waals surface area contributed by atoms with E-state index in [9.17, 15) is 48.3 Å². The Hall–Kier alpha value is 0.670. The van der Waals surface area contributed by atoms with Crippen LogP contribution in [-0.4, -0.2) is 37.4 Å². The van der Waals surface area contributed by atoms with Crippen LogP contribution < -0.4 is 0 Å². The van der Waals surface area contributed by atoms with Crippen LogP contribution in [0.2, 0.25) is 0 Å². The minimum absolute atomic E-state index is 0.460. The van der Waals surface area contributed by atoms with E-state index in [1.165, 1.54) is 0 Å². The Balaban J connectivity index is 6.42. The van der Waals surface area contributed by atoms with E-state index in [0.29, 0.717) is 6.92 Å². The highest BCUT2D eigenvalue weighted by Crippen LogP contribution is 2.65. The minimum Gasteiger partial charge on any atom is -0.218 e. The summed E-state index contributed by atoms with van der Waals surface area (Å²) in [5, 5.41) is 0. The van der Waals surface area contributed by atoms with Crippen LogP contribution in [-0.2, 0) is 0 Å². The largest absolute Gasteiger partial charge is 0.346 e. The van der Waals surface area contributed by atoms with E-state index in [4.69, 9.17) is 0 Å². The van der Waals surface area contributed by atoms with Crippen molar-refractivity contribution in [1.29, 1.82) is 0 Å². The smallest absolute Gasteiger partial charge is 0.218 e. The lowest BCUT2D eigenvalue weighted by atomic mass is 9.93. The molecule has 14 heteroatoms. The van der Waals surface area contributed by atoms with E-state index in [-0.39, 0.29) is 0 Å². The third-order valence-corrected chi connectivity index (χ3v) is 6.30. The highest BCUT2D eigenvalue weighted by molar-refractivity contribution is 9.11. The highest BCUT2D eigenvalue weighted by atomic mass is 79.9. The number of hydrogen-bond acceptors (Lipinski definition) is 0. The standard InChI is InChI=1S/C10H8Br3F11/c1-3-5(16,17)7(12,19)10(23,24)8(13,20)9(21,22)6(11,18)4(2,14)15/h3H2,1-2H3. The van der Waals surface area contributed by atoms with E-state index >= 15 is 0 Å². The molecular weight excluding hydrogens is 569 g/mol. The maximum Gasteiger partial charge on any atom is 0.346 e. The van der Waals surface area contributed by atoms with Gasteiger partial charge in [-0.25, -0.2) is 30.7 Å². The zero-order chi connectivity index (χ0) is 20.2. The summed E-state index contributed by atoms with van der Waals surface area (Å²) in [6, 6.07) is 0. The molecular formula is C10H8Br3F11. The Bertz CT molecular complexity index is 467. The molecule has 0 fully saturated rings. The summed E-state index contributed by atoms with van der Waals surface area (Å²) in [6.45, 7) is -0.0591. The second kappa shape index (κ2) is 6.38. The number of rotatable bonds is 7. The Morgan fingerprint density at radius 2 is 0.875 bits per heavy atom. The van der Waals surface area contributed by atoms with Gasteiger partial charge >= 0.3 is 11.8 Å². The average Bonchev–Trinajstić information content (AvgIpc) is 2.36. The van der Waals surface area contributed by atoms with Crippen LogP contribution in [0.4, 0.5) is 48.3 Å². The fraction of sp³-hybridized carbons (Fsp3) is 1.00. The average molecular weight is 577 g/mol. The lowest BCUT2D eigenvalue weighted by molar-refractivity contribution is -0.300. The van der Waals surface area contributed by atoms with Crippen LogP contribution in [0.5, 0.6) is 0 Å². The first kappa shape index (κ1) is 24.7. The van der Waals surface area contributed by atoms with Gasteiger partial charge < -0.3 is 0 Å². The molecule has 0 radical (unpaired) electrons. The molecule has 0 aromatic carbocycles. The Kier molecular flexibility index (Phi) is 6.56. The van der Waals surface area contributed by atoms with Crippen molar-refractivity contribution in [3.8, 4) is 0 Å². The SMILES string of the molecule is CCC(F)(F)C(F)(Br)C(F)(F)C(F)(Br)C(F)(F)C(F)(Br)C(C)(F)F. The molecule has 3 unspecified atom stereocenters. The summed E-state index contributed by atoms with van der Waals surface area (Å²) in [5.41, 5.74) is 0. The van der Waals surface area contributed by atoms with Crippen molar-refractivity contribution < 1.29 is 48.3 Å². The normalized spacial score (nSPS) is 22.5. The van der Waals surface area contributed by atoms with Gasteiger partial charge in [-0.3, -0.25) is 0 Å². The molecule has 146 valence electrons. The summed E-state index contributed by atoms with van der Waals surface area (Å²) >= 11 is 3.16. The van der Waals surface area contributed by atoms with Crippen molar-refractivity contribution in [2.75, 3.05) is 0 Å². The maximum atomic E-state index is 14.0. The van der Waals surface area contributed by atoms with Gasteiger partial charge in [-0.15, -0.1) is 0 Å². The molecule has 0 bridgehead atoms. The quantitative estimate of drug-likeness (QED) is 0.223. The number of halogens is 14. The third-order valence-electron chi connectivity index (χ3n) is 3.03. The molecule has 0 nitrogen and oxygen atoms in total. The summed E-state index contributed by atoms with van der Waals surface area (Å²) in [6.07, 6.45) is -1.71. The van der Waals surface area contributed by atoms with E-state index in [0.717, 1.165) is 47.8 Å². The number of hydrogen-bond donors (Lipinski definition) is 0. The molecule has 0 aliphatic heterocycles. The molecule has 0 rings (SSSR count). The molecule has 0 spiro atoms. The maximum absolute atomic E-state index is 14.0. The fourth-order valence-electron chi connectivity index (χ4n) is 1.32. The first-order chi connectivity index (χ1) is 10.1. The van der Waals surface area contributed by atoms with Gasteiger partial charge in [0, 0.05) is 13.3 Å². The summed E-state index contributed by atoms with van der Waals surface area (Å²) in [4.78, 5) is 0. The van der Waals surface area contributed by atoms with E-state index in [2.05, 4.69) is 0 Å². The van der Waals surface area contributed by atoms with E-state index < -0.39 is 50.8 Å². The molecule has 0 aromatic rings. The summed E-state index contributed by atoms with van der Waals surface area (Å²) in [5.74, 6) is -23.1. The van der Waals surface area contributed by atoms with Gasteiger partial charge in [0.15, 0.2) is 0 Å². The topological polar surface area (TPSA) is 0 Å². The molecule has 0 N–H and O–H groups in total. The molecule has 0 aliphatic carbocycles. The van der Waals surface area contributed by atoms with Crippen molar-refractivity contribution in [2.24, 2.45) is 0 Å². The predicted molar refractivity (Wildman–Crippen MR) is 74.1 cm³/mol. The Labute approximate surface area is 153 Å². The Morgan fingerprint density at radius 1 is 0.583 bits per heavy atom. The second-order valence-electron chi connectivity index (χ2n) is 4.82. The van der Waals surface area contributed by atoms with Crippen LogP contribution in [0, 0.1) is 0 Å². The van der Waals surface area contributed by atoms with Crippen molar-refractivity contribution in [3.63, 3.8) is 0 Å². The zero-order valence-electron chi connectivity index (χ0n) is 11.5. The van der Waals surface area contributed by atoms with Crippen molar-refractivity contribution in [1.82, 2.24) is 0 Å². The van der Waals surface area contributed by atoms with Crippen LogP contribution in [0.25, 0.3) is 0 Å². The molecule has 24 heavy (non-hydrogen) atoms. The molecule has 0 aliphatic rings. The minimum atomic E-state index is -6.42. The summed E-state index contributed by atoms with van der Waals surface area (Å²) in [7, 11) is 0. The van der Waals surface area contributed by atoms with Crippen molar-refractivity contribution >= 4 is 47.8 Å². The Morgan fingerprint density at radius 3 is 1.12 bits per heavy atom. The molecule has 0 saturated carbocycles. The van der Waals surface area contributed by atoms with Crippen LogP contribution in [0.15, 0.2) is 0 Å². The van der Waals surface area contributed by atoms with Crippen molar-refractivity contribution in [2.45, 2.75) is 57.7 Å². The first-order valence-corrected chi connectivity index (χ1v) is 8.09. The second-order valence-corrected chi connectivity index (χ2v) is 8.10. The van der Waals surface area contributed by atoms with Crippen LogP contribution >= 0.6 is 47.8 Å². The predicted octanol–water partition coefficient (Wildman–Crippen LogP) is 7.14. The monoisotopic (exact) mass is 574 g/mol. The molecule has 0 saturated heterocycles. The van der Waals surface area contributed by atoms with Gasteiger partial charge in [-0.2, -0.15) is 17.6 Å². The van der Waals surface area contributed by atoms with E-state index in [1.54, 1.807) is 0 Å². The lowest BCUT2D eigenvalue weighted by Crippen LogP contribution is -2.71. The first-order valence-electron chi connectivity index (χ1n) is 5.71. The zero-order valence-corrected chi connectivity index (χ0v) is 16.3. The van der Waals surface area contributed by atoms with Crippen LogP contribution in [0.1, 0.15) is 20.3 Å². The van der Waals surface area contributed by atoms with Gasteiger partial charge in [0.2, 0.25) is 0 Å². The molecule has 3 atom stereocenters. The third kappa shape index (κ3) is 3.20. The number of alkyl halides is 14. The fourth-order valence-corrected chi connectivity index (χ4v) is 3.22. The highest BCUT2D eigenvalue weighted by Gasteiger charge is 2.87.